The molecule has 6 heteroatoms. The van der Waals surface area contributed by atoms with Crippen LogP contribution >= 0.6 is 11.6 Å². The quantitative estimate of drug-likeness (QED) is 0.877. The largest absolute Gasteiger partial charge is 0.491 e. The van der Waals surface area contributed by atoms with E-state index in [1.54, 1.807) is 0 Å². The summed E-state index contributed by atoms with van der Waals surface area (Å²) < 4.78 is 5.71. The topological polar surface area (TPSA) is 58.5 Å². The van der Waals surface area contributed by atoms with Crippen LogP contribution < -0.4 is 9.64 Å². The summed E-state index contributed by atoms with van der Waals surface area (Å²) in [5, 5.41) is 10.7. The van der Waals surface area contributed by atoms with E-state index in [1.807, 2.05) is 32.0 Å². The number of hydrogen-bond acceptors (Lipinski definition) is 5. The van der Waals surface area contributed by atoms with Crippen molar-refractivity contribution in [1.29, 1.82) is 0 Å². The zero-order valence-electron chi connectivity index (χ0n) is 12.8. The van der Waals surface area contributed by atoms with Crippen LogP contribution in [0.15, 0.2) is 18.2 Å². The van der Waals surface area contributed by atoms with Crippen molar-refractivity contribution in [3.05, 3.63) is 23.5 Å². The number of aliphatic hydroxyl groups is 1. The maximum Gasteiger partial charge on any atom is 0.224 e. The van der Waals surface area contributed by atoms with Crippen LogP contribution in [0, 0.1) is 0 Å². The van der Waals surface area contributed by atoms with E-state index in [4.69, 9.17) is 16.3 Å². The molecule has 22 heavy (non-hydrogen) atoms. The number of benzene rings is 1. The Bertz CT molecular complexity index is 678. The Kier molecular flexibility index (Phi) is 4.36. The van der Waals surface area contributed by atoms with Crippen molar-refractivity contribution in [2.24, 2.45) is 0 Å². The maximum atomic E-state index is 9.54. The number of halogens is 1. The first kappa shape index (κ1) is 15.3. The highest BCUT2D eigenvalue weighted by atomic mass is 35.5. The van der Waals surface area contributed by atoms with Crippen molar-refractivity contribution >= 4 is 28.3 Å². The highest BCUT2D eigenvalue weighted by Gasteiger charge is 2.27. The van der Waals surface area contributed by atoms with Crippen LogP contribution in [-0.4, -0.2) is 40.4 Å². The van der Waals surface area contributed by atoms with Crippen molar-refractivity contribution in [2.75, 3.05) is 18.1 Å². The van der Waals surface area contributed by atoms with Gasteiger partial charge in [-0.05, 0) is 50.4 Å². The van der Waals surface area contributed by atoms with E-state index < -0.39 is 0 Å². The molecule has 1 aliphatic heterocycles. The molecule has 1 aromatic carbocycles. The lowest BCUT2D eigenvalue weighted by Gasteiger charge is -2.25. The van der Waals surface area contributed by atoms with Gasteiger partial charge in [-0.25, -0.2) is 4.98 Å². The Morgan fingerprint density at radius 2 is 2.23 bits per heavy atom. The third-order valence-corrected chi connectivity index (χ3v) is 4.02. The number of ether oxygens (including phenoxy) is 1. The summed E-state index contributed by atoms with van der Waals surface area (Å²) >= 11 is 6.10. The molecule has 1 aliphatic rings. The fourth-order valence-corrected chi connectivity index (χ4v) is 3.10. The van der Waals surface area contributed by atoms with Crippen LogP contribution in [0.3, 0.4) is 0 Å². The molecular formula is C16H20ClN3O2. The van der Waals surface area contributed by atoms with Crippen molar-refractivity contribution in [1.82, 2.24) is 9.97 Å². The van der Waals surface area contributed by atoms with E-state index in [0.717, 1.165) is 41.9 Å². The lowest BCUT2D eigenvalue weighted by atomic mass is 10.2. The predicted octanol–water partition coefficient (Wildman–Crippen LogP) is 3.03. The summed E-state index contributed by atoms with van der Waals surface area (Å²) in [5.41, 5.74) is 0.761. The number of hydrogen-bond donors (Lipinski definition) is 1. The molecule has 0 spiro atoms. The fraction of sp³-hybridized carbons (Fsp3) is 0.500. The molecule has 5 nitrogen and oxygen atoms in total. The summed E-state index contributed by atoms with van der Waals surface area (Å²) in [4.78, 5) is 10.8. The number of nitrogens with zero attached hydrogens (tertiary/aromatic N) is 3. The fourth-order valence-electron chi connectivity index (χ4n) is 2.93. The highest BCUT2D eigenvalue weighted by molar-refractivity contribution is 6.28. The summed E-state index contributed by atoms with van der Waals surface area (Å²) in [6, 6.07) is 5.87. The first-order valence-corrected chi connectivity index (χ1v) is 7.97. The van der Waals surface area contributed by atoms with Gasteiger partial charge in [0.25, 0.3) is 0 Å². The summed E-state index contributed by atoms with van der Waals surface area (Å²) in [7, 11) is 0. The molecule has 1 saturated heterocycles. The monoisotopic (exact) mass is 321 g/mol. The number of anilines is 1. The molecule has 1 N–H and O–H groups in total. The molecule has 3 rings (SSSR count). The minimum Gasteiger partial charge on any atom is -0.491 e. The highest BCUT2D eigenvalue weighted by Crippen LogP contribution is 2.32. The van der Waals surface area contributed by atoms with Gasteiger partial charge in [-0.3, -0.25) is 0 Å². The van der Waals surface area contributed by atoms with Crippen LogP contribution in [0.25, 0.3) is 10.9 Å². The zero-order valence-corrected chi connectivity index (χ0v) is 13.5. The van der Waals surface area contributed by atoms with Crippen molar-refractivity contribution in [3.8, 4) is 5.75 Å². The Hall–Kier alpha value is -1.59. The molecular weight excluding hydrogens is 302 g/mol. The van der Waals surface area contributed by atoms with Crippen molar-refractivity contribution in [3.63, 3.8) is 0 Å². The van der Waals surface area contributed by atoms with Gasteiger partial charge in [0.1, 0.15) is 11.6 Å². The average Bonchev–Trinajstić information content (AvgIpc) is 2.93. The lowest BCUT2D eigenvalue weighted by molar-refractivity contribution is 0.242. The Morgan fingerprint density at radius 1 is 1.41 bits per heavy atom. The number of aliphatic hydroxyl groups excluding tert-OH is 1. The van der Waals surface area contributed by atoms with Gasteiger partial charge in [0, 0.05) is 18.0 Å². The predicted molar refractivity (Wildman–Crippen MR) is 87.8 cm³/mol. The molecule has 118 valence electrons. The first-order valence-electron chi connectivity index (χ1n) is 7.60. The normalized spacial score (nSPS) is 18.4. The molecule has 0 aliphatic carbocycles. The SMILES string of the molecule is CC(C)Oc1ccc2c(N3CCCC3CO)nc(Cl)nc2c1. The minimum absolute atomic E-state index is 0.0979. The molecule has 1 aromatic heterocycles. The Balaban J connectivity index is 2.06. The summed E-state index contributed by atoms with van der Waals surface area (Å²) in [6.07, 6.45) is 2.11. The van der Waals surface area contributed by atoms with Gasteiger partial charge in [0.2, 0.25) is 5.28 Å². The Morgan fingerprint density at radius 3 is 2.95 bits per heavy atom. The van der Waals surface area contributed by atoms with E-state index in [2.05, 4.69) is 14.9 Å². The second kappa shape index (κ2) is 6.26. The van der Waals surface area contributed by atoms with E-state index in [0.29, 0.717) is 0 Å². The molecule has 2 heterocycles. The van der Waals surface area contributed by atoms with Gasteiger partial charge in [0.05, 0.1) is 24.3 Å². The van der Waals surface area contributed by atoms with E-state index in [9.17, 15) is 5.11 Å². The van der Waals surface area contributed by atoms with Crippen molar-refractivity contribution < 1.29 is 9.84 Å². The van der Waals surface area contributed by atoms with Crippen LogP contribution in [0.5, 0.6) is 5.75 Å². The van der Waals surface area contributed by atoms with Gasteiger partial charge in [-0.15, -0.1) is 0 Å². The molecule has 1 atom stereocenters. The van der Waals surface area contributed by atoms with Crippen LogP contribution in [0.1, 0.15) is 26.7 Å². The van der Waals surface area contributed by atoms with Crippen molar-refractivity contribution in [2.45, 2.75) is 38.8 Å². The molecule has 0 bridgehead atoms. The molecule has 1 unspecified atom stereocenters. The van der Waals surface area contributed by atoms with Gasteiger partial charge in [-0.2, -0.15) is 4.98 Å². The van der Waals surface area contributed by atoms with Gasteiger partial charge in [0.15, 0.2) is 0 Å². The lowest BCUT2D eigenvalue weighted by Crippen LogP contribution is -2.33. The van der Waals surface area contributed by atoms with Gasteiger partial charge in [-0.1, -0.05) is 0 Å². The summed E-state index contributed by atoms with van der Waals surface area (Å²) in [6.45, 7) is 4.97. The van der Waals surface area contributed by atoms with Crippen LogP contribution in [0.2, 0.25) is 5.28 Å². The number of aromatic nitrogens is 2. The first-order chi connectivity index (χ1) is 10.6. The van der Waals surface area contributed by atoms with Gasteiger partial charge < -0.3 is 14.7 Å². The molecule has 0 saturated carbocycles. The third kappa shape index (κ3) is 2.96. The maximum absolute atomic E-state index is 9.54. The standard InChI is InChI=1S/C16H20ClN3O2/c1-10(2)22-12-5-6-13-14(8-12)18-16(17)19-15(13)20-7-3-4-11(20)9-21/h5-6,8,10-11,21H,3-4,7,9H2,1-2H3. The average molecular weight is 322 g/mol. The second-order valence-electron chi connectivity index (χ2n) is 5.83. The van der Waals surface area contributed by atoms with Crippen LogP contribution in [-0.2, 0) is 0 Å². The molecule has 2 aromatic rings. The zero-order chi connectivity index (χ0) is 15.7. The smallest absolute Gasteiger partial charge is 0.224 e. The third-order valence-electron chi connectivity index (χ3n) is 3.85. The Labute approximate surface area is 134 Å². The number of fused-ring (bicyclic) bond motifs is 1. The van der Waals surface area contributed by atoms with E-state index in [1.165, 1.54) is 0 Å². The molecule has 0 radical (unpaired) electrons. The molecule has 0 amide bonds. The molecule has 1 fully saturated rings. The summed E-state index contributed by atoms with van der Waals surface area (Å²) in [5.74, 6) is 1.56. The van der Waals surface area contributed by atoms with Gasteiger partial charge >= 0.3 is 0 Å². The number of rotatable bonds is 4. The van der Waals surface area contributed by atoms with E-state index in [-0.39, 0.29) is 24.0 Å². The van der Waals surface area contributed by atoms with Crippen LogP contribution in [0.4, 0.5) is 5.82 Å². The minimum atomic E-state index is 0.0979. The van der Waals surface area contributed by atoms with E-state index >= 15 is 0 Å². The second-order valence-corrected chi connectivity index (χ2v) is 6.17.